The zero-order chi connectivity index (χ0) is 14.4. The Balaban J connectivity index is 1.70. The highest BCUT2D eigenvalue weighted by Crippen LogP contribution is 2.49. The Bertz CT molecular complexity index is 601. The molecule has 1 aromatic carbocycles. The fourth-order valence-corrected chi connectivity index (χ4v) is 3.83. The highest BCUT2D eigenvalue weighted by molar-refractivity contribution is 7.86. The van der Waals surface area contributed by atoms with Crippen LogP contribution >= 0.6 is 0 Å². The van der Waals surface area contributed by atoms with Gasteiger partial charge in [-0.1, -0.05) is 17.7 Å². The molecule has 4 nitrogen and oxygen atoms in total. The molecule has 0 radical (unpaired) electrons. The summed E-state index contributed by atoms with van der Waals surface area (Å²) in [6, 6.07) is 6.43. The predicted molar refractivity (Wildman–Crippen MR) is 70.7 cm³/mol. The largest absolute Gasteiger partial charge is 0.369 e. The van der Waals surface area contributed by atoms with E-state index in [0.29, 0.717) is 12.8 Å². The van der Waals surface area contributed by atoms with Gasteiger partial charge < -0.3 is 4.74 Å². The van der Waals surface area contributed by atoms with Crippen LogP contribution < -0.4 is 0 Å². The zero-order valence-electron chi connectivity index (χ0n) is 11.3. The Labute approximate surface area is 118 Å². The lowest BCUT2D eigenvalue weighted by molar-refractivity contribution is -0.0566. The van der Waals surface area contributed by atoms with Crippen molar-refractivity contribution in [3.05, 3.63) is 29.8 Å². The normalized spacial score (nSPS) is 32.7. The van der Waals surface area contributed by atoms with E-state index in [4.69, 9.17) is 8.92 Å². The number of aryl methyl sites for hydroxylation is 1. The summed E-state index contributed by atoms with van der Waals surface area (Å²) in [5.41, 5.74) is -1.09. The maximum Gasteiger partial charge on any atom is 0.297 e. The molecule has 6 heteroatoms. The van der Waals surface area contributed by atoms with Crippen molar-refractivity contribution < 1.29 is 21.7 Å². The number of benzene rings is 1. The van der Waals surface area contributed by atoms with Crippen molar-refractivity contribution in [2.24, 2.45) is 0 Å². The number of ether oxygens (including phenoxy) is 1. The van der Waals surface area contributed by atoms with Crippen molar-refractivity contribution >= 4 is 10.1 Å². The zero-order valence-corrected chi connectivity index (χ0v) is 12.1. The van der Waals surface area contributed by atoms with E-state index in [1.807, 2.05) is 6.92 Å². The van der Waals surface area contributed by atoms with Crippen molar-refractivity contribution in [3.8, 4) is 0 Å². The van der Waals surface area contributed by atoms with Gasteiger partial charge in [0.2, 0.25) is 0 Å². The molecule has 1 saturated heterocycles. The smallest absolute Gasteiger partial charge is 0.297 e. The van der Waals surface area contributed by atoms with E-state index in [-0.39, 0.29) is 24.5 Å². The van der Waals surface area contributed by atoms with Gasteiger partial charge in [-0.2, -0.15) is 8.42 Å². The summed E-state index contributed by atoms with van der Waals surface area (Å²) in [5, 5.41) is 0. The van der Waals surface area contributed by atoms with E-state index in [9.17, 15) is 12.8 Å². The number of rotatable bonds is 4. The minimum atomic E-state index is -3.82. The van der Waals surface area contributed by atoms with Crippen LogP contribution in [-0.4, -0.2) is 32.9 Å². The Morgan fingerprint density at radius 2 is 2.00 bits per heavy atom. The minimum Gasteiger partial charge on any atom is -0.369 e. The molecule has 1 saturated carbocycles. The molecule has 2 fully saturated rings. The summed E-state index contributed by atoms with van der Waals surface area (Å²) < 4.78 is 48.7. The lowest BCUT2D eigenvalue weighted by Crippen LogP contribution is -2.33. The highest BCUT2D eigenvalue weighted by Gasteiger charge is 2.57. The van der Waals surface area contributed by atoms with Crippen LogP contribution in [0.4, 0.5) is 4.39 Å². The molecule has 2 unspecified atom stereocenters. The minimum absolute atomic E-state index is 0.0426. The molecule has 0 aromatic heterocycles. The quantitative estimate of drug-likeness (QED) is 0.801. The van der Waals surface area contributed by atoms with Crippen LogP contribution in [0.2, 0.25) is 0 Å². The summed E-state index contributed by atoms with van der Waals surface area (Å²) >= 11 is 0. The van der Waals surface area contributed by atoms with E-state index in [0.717, 1.165) is 5.56 Å². The average molecular weight is 300 g/mol. The van der Waals surface area contributed by atoms with Crippen LogP contribution in [0.15, 0.2) is 29.2 Å². The van der Waals surface area contributed by atoms with Crippen LogP contribution in [0.5, 0.6) is 0 Å². The fraction of sp³-hybridized carbons (Fsp3) is 0.571. The number of hydrogen-bond donors (Lipinski definition) is 0. The summed E-state index contributed by atoms with van der Waals surface area (Å²) in [4.78, 5) is 0.113. The van der Waals surface area contributed by atoms with Crippen molar-refractivity contribution in [1.82, 2.24) is 0 Å². The molecule has 1 heterocycles. The van der Waals surface area contributed by atoms with Gasteiger partial charge in [0.25, 0.3) is 10.1 Å². The van der Waals surface area contributed by atoms with Gasteiger partial charge in [0.1, 0.15) is 5.67 Å². The number of alkyl halides is 1. The third kappa shape index (κ3) is 2.47. The summed E-state index contributed by atoms with van der Waals surface area (Å²) in [6.45, 7) is 1.80. The molecular weight excluding hydrogens is 283 g/mol. The fourth-order valence-electron chi connectivity index (χ4n) is 2.86. The van der Waals surface area contributed by atoms with Gasteiger partial charge >= 0.3 is 0 Å². The summed E-state index contributed by atoms with van der Waals surface area (Å²) in [6.07, 6.45) is 1.15. The Morgan fingerprint density at radius 1 is 1.30 bits per heavy atom. The van der Waals surface area contributed by atoms with Crippen LogP contribution in [0.3, 0.4) is 0 Å². The molecule has 1 aromatic rings. The average Bonchev–Trinajstić information content (AvgIpc) is 2.91. The van der Waals surface area contributed by atoms with E-state index in [1.54, 1.807) is 12.1 Å². The van der Waals surface area contributed by atoms with E-state index < -0.39 is 21.4 Å². The molecule has 1 aliphatic carbocycles. The second kappa shape index (κ2) is 4.51. The predicted octanol–water partition coefficient (Wildman–Crippen LogP) is 2.36. The Kier molecular flexibility index (Phi) is 3.15. The van der Waals surface area contributed by atoms with Gasteiger partial charge in [-0.05, 0) is 31.9 Å². The Hall–Kier alpha value is -0.980. The molecule has 1 aliphatic heterocycles. The van der Waals surface area contributed by atoms with Gasteiger partial charge in [0.15, 0.2) is 0 Å². The van der Waals surface area contributed by atoms with Crippen LogP contribution in [0.1, 0.15) is 24.8 Å². The lowest BCUT2D eigenvalue weighted by atomic mass is 10.0. The molecule has 0 N–H and O–H groups in total. The van der Waals surface area contributed by atoms with Gasteiger partial charge in [-0.25, -0.2) is 4.39 Å². The molecule has 110 valence electrons. The molecule has 2 aliphatic rings. The van der Waals surface area contributed by atoms with Crippen molar-refractivity contribution in [1.29, 1.82) is 0 Å². The molecular formula is C14H17FO4S. The third-order valence-corrected chi connectivity index (χ3v) is 5.37. The lowest BCUT2D eigenvalue weighted by Gasteiger charge is -2.25. The van der Waals surface area contributed by atoms with Gasteiger partial charge in [0.05, 0.1) is 23.7 Å². The molecule has 0 spiro atoms. The van der Waals surface area contributed by atoms with Crippen LogP contribution in [0.25, 0.3) is 0 Å². The van der Waals surface area contributed by atoms with E-state index in [2.05, 4.69) is 0 Å². The summed E-state index contributed by atoms with van der Waals surface area (Å²) in [5.74, 6) is 0. The molecule has 3 rings (SSSR count). The first-order chi connectivity index (χ1) is 9.33. The number of fused-ring (bicyclic) bond motifs is 2. The number of hydrogen-bond acceptors (Lipinski definition) is 4. The van der Waals surface area contributed by atoms with Gasteiger partial charge in [-0.3, -0.25) is 4.18 Å². The second-order valence-corrected chi connectivity index (χ2v) is 7.44. The molecule has 0 amide bonds. The first-order valence-electron chi connectivity index (χ1n) is 6.62. The van der Waals surface area contributed by atoms with Crippen LogP contribution in [-0.2, 0) is 19.0 Å². The maximum atomic E-state index is 14.0. The summed E-state index contributed by atoms with van der Waals surface area (Å²) in [7, 11) is -3.82. The molecule has 20 heavy (non-hydrogen) atoms. The van der Waals surface area contributed by atoms with Crippen LogP contribution in [0, 0.1) is 6.92 Å². The van der Waals surface area contributed by atoms with Gasteiger partial charge in [0, 0.05) is 6.42 Å². The number of halogens is 1. The molecule has 2 bridgehead atoms. The Morgan fingerprint density at radius 3 is 2.50 bits per heavy atom. The van der Waals surface area contributed by atoms with Crippen molar-refractivity contribution in [2.45, 2.75) is 42.4 Å². The van der Waals surface area contributed by atoms with Crippen molar-refractivity contribution in [3.63, 3.8) is 0 Å². The first kappa shape index (κ1) is 14.0. The van der Waals surface area contributed by atoms with Gasteiger partial charge in [-0.15, -0.1) is 0 Å². The maximum absolute atomic E-state index is 14.0. The highest BCUT2D eigenvalue weighted by atomic mass is 32.2. The monoisotopic (exact) mass is 300 g/mol. The topological polar surface area (TPSA) is 52.6 Å². The van der Waals surface area contributed by atoms with Crippen molar-refractivity contribution in [2.75, 3.05) is 13.2 Å². The third-order valence-electron chi connectivity index (χ3n) is 4.09. The standard InChI is InChI=1S/C14H17FO4S/c1-11-2-4-12(5-3-11)20(16,17)19-10-14-7-6-13(15,8-14)9-18-14/h2-5H,6-10H2,1H3. The SMILES string of the molecule is Cc1ccc(S(=O)(=O)OCC23CCC(F)(CO2)C3)cc1. The van der Waals surface area contributed by atoms with E-state index >= 15 is 0 Å². The second-order valence-electron chi connectivity index (χ2n) is 5.83. The first-order valence-corrected chi connectivity index (χ1v) is 8.03. The molecule has 2 atom stereocenters. The van der Waals surface area contributed by atoms with E-state index in [1.165, 1.54) is 12.1 Å².